The molecule has 3 N–H and O–H groups in total. The van der Waals surface area contributed by atoms with Gasteiger partial charge >= 0.3 is 0 Å². The molecule has 2 atom stereocenters. The van der Waals surface area contributed by atoms with Crippen LogP contribution in [0.4, 0.5) is 10.3 Å². The molecule has 188 valence electrons. The van der Waals surface area contributed by atoms with Crippen LogP contribution >= 0.6 is 11.6 Å². The first-order valence-electron chi connectivity index (χ1n) is 11.2. The van der Waals surface area contributed by atoms with E-state index in [1.165, 1.54) is 36.4 Å². The fourth-order valence-electron chi connectivity index (χ4n) is 4.18. The quantitative estimate of drug-likeness (QED) is 0.423. The maximum atomic E-state index is 13.9. The number of anilines is 1. The second kappa shape index (κ2) is 10.5. The van der Waals surface area contributed by atoms with Gasteiger partial charge in [0, 0.05) is 24.2 Å². The van der Waals surface area contributed by atoms with E-state index < -0.39 is 24.4 Å². The molecule has 0 radical (unpaired) electrons. The molecule has 9 nitrogen and oxygen atoms in total. The second-order valence-corrected chi connectivity index (χ2v) is 8.69. The Hall–Kier alpha value is -3.76. The third-order valence-electron chi connectivity index (χ3n) is 6.07. The van der Waals surface area contributed by atoms with Gasteiger partial charge in [0.2, 0.25) is 11.9 Å². The van der Waals surface area contributed by atoms with Crippen molar-refractivity contribution in [2.45, 2.75) is 19.0 Å². The van der Waals surface area contributed by atoms with E-state index in [1.54, 1.807) is 13.1 Å². The molecule has 36 heavy (non-hydrogen) atoms. The first-order chi connectivity index (χ1) is 17.2. The van der Waals surface area contributed by atoms with Crippen LogP contribution in [0.1, 0.15) is 40.5 Å². The first-order valence-corrected chi connectivity index (χ1v) is 11.5. The highest BCUT2D eigenvalue weighted by atomic mass is 35.5. The summed E-state index contributed by atoms with van der Waals surface area (Å²) in [5, 5.41) is 15.7. The van der Waals surface area contributed by atoms with Gasteiger partial charge in [0.25, 0.3) is 5.91 Å². The third kappa shape index (κ3) is 4.95. The average molecular weight is 514 g/mol. The summed E-state index contributed by atoms with van der Waals surface area (Å²) < 4.78 is 19.0. The van der Waals surface area contributed by atoms with Crippen LogP contribution in [0.3, 0.4) is 0 Å². The normalized spacial score (nSPS) is 15.4. The van der Waals surface area contributed by atoms with Crippen LogP contribution in [0, 0.1) is 5.82 Å². The SMILES string of the molecule is CNc1ncc(Cl)c(-c2ccc3c(c2)C(=O)N(CC(=O)NC(CO)c2cc(F)cc(OC)c2)[C@@H]3C)n1. The maximum Gasteiger partial charge on any atom is 0.255 e. The molecular weight excluding hydrogens is 489 g/mol. The van der Waals surface area contributed by atoms with Gasteiger partial charge in [-0.15, -0.1) is 0 Å². The number of methoxy groups -OCH3 is 1. The Morgan fingerprint density at radius 2 is 2.08 bits per heavy atom. The van der Waals surface area contributed by atoms with Crippen molar-refractivity contribution in [3.8, 4) is 17.0 Å². The van der Waals surface area contributed by atoms with Crippen LogP contribution in [0.25, 0.3) is 11.3 Å². The number of aliphatic hydroxyl groups is 1. The molecule has 4 rings (SSSR count). The highest BCUT2D eigenvalue weighted by molar-refractivity contribution is 6.33. The minimum Gasteiger partial charge on any atom is -0.497 e. The largest absolute Gasteiger partial charge is 0.497 e. The molecule has 2 amide bonds. The Morgan fingerprint density at radius 1 is 1.31 bits per heavy atom. The van der Waals surface area contributed by atoms with Gasteiger partial charge in [-0.3, -0.25) is 9.59 Å². The molecule has 0 fully saturated rings. The molecule has 3 aromatic rings. The van der Waals surface area contributed by atoms with Crippen LogP contribution in [0.2, 0.25) is 5.02 Å². The van der Waals surface area contributed by atoms with Gasteiger partial charge in [-0.05, 0) is 36.2 Å². The summed E-state index contributed by atoms with van der Waals surface area (Å²) in [7, 11) is 3.09. The maximum absolute atomic E-state index is 13.9. The highest BCUT2D eigenvalue weighted by Crippen LogP contribution is 2.36. The molecule has 1 aliphatic rings. The summed E-state index contributed by atoms with van der Waals surface area (Å²) >= 11 is 6.29. The van der Waals surface area contributed by atoms with Crippen molar-refractivity contribution in [1.82, 2.24) is 20.2 Å². The van der Waals surface area contributed by atoms with Gasteiger partial charge in [0.1, 0.15) is 18.1 Å². The average Bonchev–Trinajstić information content (AvgIpc) is 3.11. The molecule has 0 saturated carbocycles. The molecule has 11 heteroatoms. The van der Waals surface area contributed by atoms with Crippen LogP contribution in [0.5, 0.6) is 5.75 Å². The minimum atomic E-state index is -0.870. The van der Waals surface area contributed by atoms with Crippen molar-refractivity contribution in [1.29, 1.82) is 0 Å². The summed E-state index contributed by atoms with van der Waals surface area (Å²) in [6, 6.07) is 8.05. The van der Waals surface area contributed by atoms with E-state index >= 15 is 0 Å². The van der Waals surface area contributed by atoms with Gasteiger partial charge in [0.15, 0.2) is 0 Å². The predicted octanol–water partition coefficient (Wildman–Crippen LogP) is 3.35. The summed E-state index contributed by atoms with van der Waals surface area (Å²) in [4.78, 5) is 36.0. The number of hydrogen-bond acceptors (Lipinski definition) is 7. The van der Waals surface area contributed by atoms with E-state index in [2.05, 4.69) is 20.6 Å². The molecule has 1 unspecified atom stereocenters. The van der Waals surface area contributed by atoms with E-state index in [0.717, 1.165) is 5.56 Å². The second-order valence-electron chi connectivity index (χ2n) is 8.28. The van der Waals surface area contributed by atoms with Crippen molar-refractivity contribution < 1.29 is 23.8 Å². The van der Waals surface area contributed by atoms with Gasteiger partial charge in [-0.25, -0.2) is 14.4 Å². The Labute approximate surface area is 212 Å². The summed E-state index contributed by atoms with van der Waals surface area (Å²) in [6.45, 7) is 1.12. The molecule has 2 heterocycles. The van der Waals surface area contributed by atoms with Crippen LogP contribution in [0.15, 0.2) is 42.6 Å². The molecule has 2 aromatic carbocycles. The number of carbonyl (C=O) groups is 2. The zero-order valence-electron chi connectivity index (χ0n) is 19.9. The zero-order chi connectivity index (χ0) is 26.0. The van der Waals surface area contributed by atoms with Crippen LogP contribution < -0.4 is 15.4 Å². The standard InChI is InChI=1S/C25H25ClFN5O4/c1-13-18-5-4-14(23-20(26)10-29-25(28-2)31-23)8-19(18)24(35)32(13)11-22(34)30-21(12-33)15-6-16(27)9-17(7-15)36-3/h4-10,13,21,33H,11-12H2,1-3H3,(H,30,34)(H,28,29,31)/t13-,21?/m1/s1. The Kier molecular flexibility index (Phi) is 7.37. The molecule has 1 aliphatic heterocycles. The number of aromatic nitrogens is 2. The lowest BCUT2D eigenvalue weighted by Gasteiger charge is -2.24. The fourth-order valence-corrected chi connectivity index (χ4v) is 4.38. The Bertz CT molecular complexity index is 1320. The lowest BCUT2D eigenvalue weighted by Crippen LogP contribution is -2.41. The van der Waals surface area contributed by atoms with Gasteiger partial charge in [0.05, 0.1) is 42.7 Å². The lowest BCUT2D eigenvalue weighted by molar-refractivity contribution is -0.123. The van der Waals surface area contributed by atoms with E-state index in [0.29, 0.717) is 33.4 Å². The number of aliphatic hydroxyl groups excluding tert-OH is 1. The van der Waals surface area contributed by atoms with Crippen LogP contribution in [-0.2, 0) is 4.79 Å². The number of hydrogen-bond donors (Lipinski definition) is 3. The number of rotatable bonds is 8. The van der Waals surface area contributed by atoms with Gasteiger partial charge in [-0.1, -0.05) is 23.7 Å². The zero-order valence-corrected chi connectivity index (χ0v) is 20.6. The minimum absolute atomic E-state index is 0.245. The van der Waals surface area contributed by atoms with E-state index in [1.807, 2.05) is 19.1 Å². The fraction of sp³-hybridized carbons (Fsp3) is 0.280. The van der Waals surface area contributed by atoms with E-state index in [-0.39, 0.29) is 24.2 Å². The molecule has 0 spiro atoms. The van der Waals surface area contributed by atoms with E-state index in [9.17, 15) is 19.1 Å². The monoisotopic (exact) mass is 513 g/mol. The van der Waals surface area contributed by atoms with E-state index in [4.69, 9.17) is 16.3 Å². The van der Waals surface area contributed by atoms with Gasteiger partial charge in [-0.2, -0.15) is 0 Å². The van der Waals surface area contributed by atoms with Crippen molar-refractivity contribution in [3.63, 3.8) is 0 Å². The predicted molar refractivity (Wildman–Crippen MR) is 132 cm³/mol. The number of ether oxygens (including phenoxy) is 1. The molecular formula is C25H25ClFN5O4. The number of amides is 2. The number of benzene rings is 2. The highest BCUT2D eigenvalue weighted by Gasteiger charge is 2.35. The topological polar surface area (TPSA) is 117 Å². The van der Waals surface area contributed by atoms with Crippen LogP contribution in [-0.4, -0.2) is 59.1 Å². The molecule has 1 aromatic heterocycles. The summed E-state index contributed by atoms with van der Waals surface area (Å²) in [5.41, 5.74) is 2.68. The number of nitrogens with one attached hydrogen (secondary N) is 2. The number of halogens is 2. The summed E-state index contributed by atoms with van der Waals surface area (Å²) in [5.74, 6) is -0.720. The smallest absolute Gasteiger partial charge is 0.255 e. The van der Waals surface area contributed by atoms with Gasteiger partial charge < -0.3 is 25.4 Å². The van der Waals surface area contributed by atoms with Crippen molar-refractivity contribution >= 4 is 29.4 Å². The Morgan fingerprint density at radius 3 is 2.78 bits per heavy atom. The number of carbonyl (C=O) groups excluding carboxylic acids is 2. The molecule has 0 aliphatic carbocycles. The Balaban J connectivity index is 1.52. The van der Waals surface area contributed by atoms with Crippen molar-refractivity contribution in [2.75, 3.05) is 32.6 Å². The molecule has 0 bridgehead atoms. The number of fused-ring (bicyclic) bond motifs is 1. The van der Waals surface area contributed by atoms with Crippen molar-refractivity contribution in [3.05, 3.63) is 70.1 Å². The third-order valence-corrected chi connectivity index (χ3v) is 6.34. The molecule has 0 saturated heterocycles. The first kappa shape index (κ1) is 25.3. The lowest BCUT2D eigenvalue weighted by atomic mass is 10.0. The summed E-state index contributed by atoms with van der Waals surface area (Å²) in [6.07, 6.45) is 1.48. The number of nitrogens with zero attached hydrogens (tertiary/aromatic N) is 3. The van der Waals surface area contributed by atoms with Crippen molar-refractivity contribution in [2.24, 2.45) is 0 Å².